The van der Waals surface area contributed by atoms with Crippen molar-refractivity contribution in [3.05, 3.63) is 23.8 Å². The van der Waals surface area contributed by atoms with E-state index in [9.17, 15) is 4.79 Å². The predicted molar refractivity (Wildman–Crippen MR) is 71.9 cm³/mol. The second-order valence-corrected chi connectivity index (χ2v) is 3.45. The maximum atomic E-state index is 11.0. The average Bonchev–Trinajstić information content (AvgIpc) is 2.46. The lowest BCUT2D eigenvalue weighted by molar-refractivity contribution is 0.152. The minimum atomic E-state index is -0.621. The monoisotopic (exact) mass is 277 g/mol. The highest BCUT2D eigenvalue weighted by atomic mass is 16.5. The van der Waals surface area contributed by atoms with E-state index in [2.05, 4.69) is 15.3 Å². The lowest BCUT2D eigenvalue weighted by atomic mass is 10.2. The standard InChI is InChI=1S/C13H15N3O4/c1-3-19-13(17)16-15-9-10-4-5-11(20-7-6-14)12(8-10)18-2/h4-5,8-9H,3,7H2,1-2H3,(H,16,17)/b15-9-. The van der Waals surface area contributed by atoms with Crippen molar-refractivity contribution >= 4 is 12.3 Å². The van der Waals surface area contributed by atoms with Crippen LogP contribution in [0.1, 0.15) is 12.5 Å². The maximum absolute atomic E-state index is 11.0. The lowest BCUT2D eigenvalue weighted by Crippen LogP contribution is -2.18. The molecule has 0 aliphatic carbocycles. The molecule has 0 aromatic heterocycles. The van der Waals surface area contributed by atoms with E-state index >= 15 is 0 Å². The fraction of sp³-hybridized carbons (Fsp3) is 0.308. The van der Waals surface area contributed by atoms with Gasteiger partial charge in [-0.3, -0.25) is 0 Å². The minimum Gasteiger partial charge on any atom is -0.493 e. The second kappa shape index (κ2) is 8.37. The number of rotatable bonds is 6. The van der Waals surface area contributed by atoms with E-state index in [1.807, 2.05) is 6.07 Å². The zero-order valence-corrected chi connectivity index (χ0v) is 11.3. The van der Waals surface area contributed by atoms with Crippen LogP contribution in [0.3, 0.4) is 0 Å². The van der Waals surface area contributed by atoms with Gasteiger partial charge in [0.05, 0.1) is 19.9 Å². The first kappa shape index (κ1) is 15.3. The molecule has 0 saturated heterocycles. The molecule has 106 valence electrons. The van der Waals surface area contributed by atoms with E-state index < -0.39 is 6.09 Å². The molecule has 0 aliphatic rings. The van der Waals surface area contributed by atoms with Crippen molar-refractivity contribution in [1.29, 1.82) is 5.26 Å². The van der Waals surface area contributed by atoms with Crippen LogP contribution in [-0.2, 0) is 4.74 Å². The molecule has 0 radical (unpaired) electrons. The third-order valence-corrected chi connectivity index (χ3v) is 2.12. The summed E-state index contributed by atoms with van der Waals surface area (Å²) in [5.74, 6) is 0.935. The van der Waals surface area contributed by atoms with Gasteiger partial charge in [0.15, 0.2) is 18.1 Å². The van der Waals surface area contributed by atoms with Crippen LogP contribution >= 0.6 is 0 Å². The first-order chi connectivity index (χ1) is 9.71. The number of amides is 1. The van der Waals surface area contributed by atoms with Gasteiger partial charge in [0.2, 0.25) is 0 Å². The molecule has 0 fully saturated rings. The molecule has 0 heterocycles. The zero-order chi connectivity index (χ0) is 14.8. The van der Waals surface area contributed by atoms with E-state index in [-0.39, 0.29) is 13.2 Å². The summed E-state index contributed by atoms with van der Waals surface area (Å²) in [5.41, 5.74) is 2.91. The Kier molecular flexibility index (Phi) is 6.41. The van der Waals surface area contributed by atoms with Crippen molar-refractivity contribution < 1.29 is 19.0 Å². The van der Waals surface area contributed by atoms with Crippen molar-refractivity contribution in [2.45, 2.75) is 6.92 Å². The van der Waals surface area contributed by atoms with E-state index in [1.165, 1.54) is 13.3 Å². The number of nitrogens with one attached hydrogen (secondary N) is 1. The minimum absolute atomic E-state index is 0.0613. The van der Waals surface area contributed by atoms with Gasteiger partial charge in [-0.05, 0) is 30.7 Å². The number of benzene rings is 1. The van der Waals surface area contributed by atoms with Crippen LogP contribution in [0.25, 0.3) is 0 Å². The second-order valence-electron chi connectivity index (χ2n) is 3.45. The molecule has 0 unspecified atom stereocenters. The molecule has 0 spiro atoms. The number of nitriles is 1. The smallest absolute Gasteiger partial charge is 0.427 e. The Morgan fingerprint density at radius 3 is 2.95 bits per heavy atom. The zero-order valence-electron chi connectivity index (χ0n) is 11.3. The first-order valence-corrected chi connectivity index (χ1v) is 5.84. The molecular weight excluding hydrogens is 262 g/mol. The molecule has 0 aliphatic heterocycles. The highest BCUT2D eigenvalue weighted by Gasteiger charge is 2.04. The molecule has 0 saturated carbocycles. The molecule has 1 N–H and O–H groups in total. The SMILES string of the molecule is CCOC(=O)N/N=C\c1ccc(OCC#N)c(OC)c1. The van der Waals surface area contributed by atoms with Crippen LogP contribution < -0.4 is 14.9 Å². The van der Waals surface area contributed by atoms with Crippen LogP contribution in [0.2, 0.25) is 0 Å². The number of hydrogen-bond donors (Lipinski definition) is 1. The number of nitrogens with zero attached hydrogens (tertiary/aromatic N) is 2. The Balaban J connectivity index is 2.70. The molecule has 1 rings (SSSR count). The lowest BCUT2D eigenvalue weighted by Gasteiger charge is -2.08. The summed E-state index contributed by atoms with van der Waals surface area (Å²) in [6.45, 7) is 1.92. The summed E-state index contributed by atoms with van der Waals surface area (Å²) in [6, 6.07) is 6.91. The molecule has 0 atom stereocenters. The Morgan fingerprint density at radius 1 is 1.50 bits per heavy atom. The summed E-state index contributed by atoms with van der Waals surface area (Å²) >= 11 is 0. The van der Waals surface area contributed by atoms with Gasteiger partial charge in [-0.2, -0.15) is 10.4 Å². The summed E-state index contributed by atoms with van der Waals surface area (Å²) in [6.07, 6.45) is 0.817. The van der Waals surface area contributed by atoms with Gasteiger partial charge in [0, 0.05) is 0 Å². The van der Waals surface area contributed by atoms with Crippen molar-refractivity contribution in [2.24, 2.45) is 5.10 Å². The fourth-order valence-electron chi connectivity index (χ4n) is 1.32. The van der Waals surface area contributed by atoms with Crippen LogP contribution in [0.5, 0.6) is 11.5 Å². The highest BCUT2D eigenvalue weighted by molar-refractivity contribution is 5.82. The number of carbonyl (C=O) groups excluding carboxylic acids is 1. The van der Waals surface area contributed by atoms with Gasteiger partial charge in [0.1, 0.15) is 6.07 Å². The van der Waals surface area contributed by atoms with Gasteiger partial charge in [-0.15, -0.1) is 0 Å². The van der Waals surface area contributed by atoms with E-state index in [0.717, 1.165) is 0 Å². The third-order valence-electron chi connectivity index (χ3n) is 2.12. The van der Waals surface area contributed by atoms with E-state index in [0.29, 0.717) is 17.1 Å². The van der Waals surface area contributed by atoms with Crippen LogP contribution in [0, 0.1) is 11.3 Å². The van der Waals surface area contributed by atoms with E-state index in [1.54, 1.807) is 25.1 Å². The van der Waals surface area contributed by atoms with Crippen molar-refractivity contribution in [1.82, 2.24) is 5.43 Å². The number of methoxy groups -OCH3 is 1. The third kappa shape index (κ3) is 4.86. The molecule has 1 aromatic rings. The summed E-state index contributed by atoms with van der Waals surface area (Å²) in [5, 5.41) is 12.2. The van der Waals surface area contributed by atoms with Gasteiger partial charge >= 0.3 is 6.09 Å². The maximum Gasteiger partial charge on any atom is 0.427 e. The predicted octanol–water partition coefficient (Wildman–Crippen LogP) is 1.68. The Morgan fingerprint density at radius 2 is 2.30 bits per heavy atom. The average molecular weight is 277 g/mol. The van der Waals surface area contributed by atoms with Crippen LogP contribution in [0.4, 0.5) is 4.79 Å². The van der Waals surface area contributed by atoms with Gasteiger partial charge in [0.25, 0.3) is 0 Å². The number of ether oxygens (including phenoxy) is 3. The first-order valence-electron chi connectivity index (χ1n) is 5.84. The van der Waals surface area contributed by atoms with Crippen LogP contribution in [0.15, 0.2) is 23.3 Å². The molecule has 0 bridgehead atoms. The molecular formula is C13H15N3O4. The van der Waals surface area contributed by atoms with E-state index in [4.69, 9.17) is 14.7 Å². The number of hydrazone groups is 1. The molecule has 7 nitrogen and oxygen atoms in total. The summed E-state index contributed by atoms with van der Waals surface area (Å²) in [4.78, 5) is 11.0. The summed E-state index contributed by atoms with van der Waals surface area (Å²) in [7, 11) is 1.49. The quantitative estimate of drug-likeness (QED) is 0.630. The Bertz CT molecular complexity index is 523. The van der Waals surface area contributed by atoms with Gasteiger partial charge < -0.3 is 14.2 Å². The fourth-order valence-corrected chi connectivity index (χ4v) is 1.32. The van der Waals surface area contributed by atoms with Crippen LogP contribution in [-0.4, -0.2) is 32.6 Å². The van der Waals surface area contributed by atoms with Crippen molar-refractivity contribution in [3.63, 3.8) is 0 Å². The normalized spacial score (nSPS) is 9.85. The topological polar surface area (TPSA) is 92.9 Å². The number of carbonyl (C=O) groups is 1. The molecule has 1 amide bonds. The molecule has 1 aromatic carbocycles. The van der Waals surface area contributed by atoms with Gasteiger partial charge in [-0.1, -0.05) is 0 Å². The molecule has 20 heavy (non-hydrogen) atoms. The molecule has 7 heteroatoms. The highest BCUT2D eigenvalue weighted by Crippen LogP contribution is 2.27. The van der Waals surface area contributed by atoms with Crippen molar-refractivity contribution in [2.75, 3.05) is 20.3 Å². The summed E-state index contributed by atoms with van der Waals surface area (Å²) < 4.78 is 15.0. The van der Waals surface area contributed by atoms with Crippen molar-refractivity contribution in [3.8, 4) is 17.6 Å². The Labute approximate surface area is 116 Å². The Hall–Kier alpha value is -2.75. The number of hydrogen-bond acceptors (Lipinski definition) is 6. The largest absolute Gasteiger partial charge is 0.493 e. The van der Waals surface area contributed by atoms with Gasteiger partial charge in [-0.25, -0.2) is 10.2 Å².